The average Bonchev–Trinajstić information content (AvgIpc) is 3.27. The van der Waals surface area contributed by atoms with Crippen LogP contribution in [0.5, 0.6) is 28.7 Å². The van der Waals surface area contributed by atoms with Gasteiger partial charge in [-0.25, -0.2) is 5.43 Å². The van der Waals surface area contributed by atoms with Crippen LogP contribution >= 0.6 is 0 Å². The van der Waals surface area contributed by atoms with Gasteiger partial charge in [0.2, 0.25) is 0 Å². The number of hydrogen-bond donors (Lipinski definition) is 3. The molecule has 0 saturated carbocycles. The first-order valence-electron chi connectivity index (χ1n) is 10.6. The molecule has 7 nitrogen and oxygen atoms in total. The van der Waals surface area contributed by atoms with E-state index in [-0.39, 0.29) is 17.9 Å². The van der Waals surface area contributed by atoms with E-state index in [9.17, 15) is 5.11 Å². The third-order valence-corrected chi connectivity index (χ3v) is 5.24. The minimum absolute atomic E-state index is 0.140. The van der Waals surface area contributed by atoms with Crippen molar-refractivity contribution in [1.82, 2.24) is 10.9 Å². The van der Waals surface area contributed by atoms with Crippen molar-refractivity contribution in [1.29, 1.82) is 0 Å². The molecule has 7 heteroatoms. The Morgan fingerprint density at radius 2 is 1.78 bits per heavy atom. The van der Waals surface area contributed by atoms with Crippen molar-refractivity contribution in [2.45, 2.75) is 25.7 Å². The number of phenols is 1. The number of nitrogens with one attached hydrogen (secondary N) is 2. The molecule has 4 rings (SSSR count). The molecule has 3 aromatic carbocycles. The molecule has 1 aliphatic rings. The summed E-state index contributed by atoms with van der Waals surface area (Å²) < 4.78 is 23.0. The van der Waals surface area contributed by atoms with Crippen LogP contribution in [0.1, 0.15) is 24.1 Å². The highest BCUT2D eigenvalue weighted by molar-refractivity contribution is 5.44. The summed E-state index contributed by atoms with van der Waals surface area (Å²) in [6.45, 7) is 3.45. The van der Waals surface area contributed by atoms with Gasteiger partial charge in [0.15, 0.2) is 11.5 Å². The summed E-state index contributed by atoms with van der Waals surface area (Å²) in [4.78, 5) is 0. The molecule has 3 N–H and O–H groups in total. The van der Waals surface area contributed by atoms with Crippen LogP contribution in [0.15, 0.2) is 66.7 Å². The molecule has 0 radical (unpaired) electrons. The van der Waals surface area contributed by atoms with Gasteiger partial charge in [-0.2, -0.15) is 0 Å². The number of phenolic OH excluding ortho intramolecular Hbond substituents is 1. The van der Waals surface area contributed by atoms with E-state index in [0.717, 1.165) is 16.9 Å². The van der Waals surface area contributed by atoms with Gasteiger partial charge in [-0.15, -0.1) is 0 Å². The van der Waals surface area contributed by atoms with Crippen molar-refractivity contribution in [2.75, 3.05) is 20.3 Å². The smallest absolute Gasteiger partial charge is 0.161 e. The molecule has 3 aromatic rings. The largest absolute Gasteiger partial charge is 0.507 e. The molecule has 1 saturated heterocycles. The van der Waals surface area contributed by atoms with Gasteiger partial charge in [-0.05, 0) is 48.9 Å². The van der Waals surface area contributed by atoms with E-state index in [1.807, 2.05) is 67.6 Å². The maximum absolute atomic E-state index is 10.7. The number of hydrazine groups is 1. The van der Waals surface area contributed by atoms with Crippen molar-refractivity contribution in [3.8, 4) is 28.7 Å². The van der Waals surface area contributed by atoms with Gasteiger partial charge >= 0.3 is 0 Å². The van der Waals surface area contributed by atoms with E-state index in [1.165, 1.54) is 0 Å². The molecule has 0 bridgehead atoms. The van der Waals surface area contributed by atoms with Gasteiger partial charge in [0.25, 0.3) is 0 Å². The zero-order chi connectivity index (χ0) is 22.3. The first kappa shape index (κ1) is 21.8. The summed E-state index contributed by atoms with van der Waals surface area (Å²) >= 11 is 0. The summed E-state index contributed by atoms with van der Waals surface area (Å²) in [6, 6.07) is 20.4. The van der Waals surface area contributed by atoms with E-state index in [0.29, 0.717) is 37.0 Å². The van der Waals surface area contributed by atoms with Crippen LogP contribution in [-0.2, 0) is 6.61 Å². The minimum atomic E-state index is -0.239. The standard InChI is InChI=1S/C25H28N2O5/c1-3-30-22-9-4-5-10-23(22)32-24-15-26-27-25(24)20-12-11-19(14-21(20)28)31-16-17-7-6-8-18(13-17)29-2/h4-14,24-28H,3,15-16H2,1-2H3. The van der Waals surface area contributed by atoms with Gasteiger partial charge < -0.3 is 24.1 Å². The highest BCUT2D eigenvalue weighted by Gasteiger charge is 2.32. The van der Waals surface area contributed by atoms with Crippen molar-refractivity contribution in [3.05, 3.63) is 77.9 Å². The second-order valence-corrected chi connectivity index (χ2v) is 7.40. The third kappa shape index (κ3) is 5.07. The minimum Gasteiger partial charge on any atom is -0.507 e. The predicted molar refractivity (Wildman–Crippen MR) is 121 cm³/mol. The van der Waals surface area contributed by atoms with Crippen LogP contribution < -0.4 is 29.8 Å². The second-order valence-electron chi connectivity index (χ2n) is 7.40. The Morgan fingerprint density at radius 3 is 2.56 bits per heavy atom. The molecular weight excluding hydrogens is 408 g/mol. The van der Waals surface area contributed by atoms with E-state index in [1.54, 1.807) is 13.2 Å². The van der Waals surface area contributed by atoms with Crippen molar-refractivity contribution < 1.29 is 24.1 Å². The van der Waals surface area contributed by atoms with Gasteiger partial charge in [-0.1, -0.05) is 24.3 Å². The molecule has 2 atom stereocenters. The fourth-order valence-corrected chi connectivity index (χ4v) is 3.66. The fraction of sp³-hybridized carbons (Fsp3) is 0.280. The van der Waals surface area contributed by atoms with Crippen LogP contribution in [0.3, 0.4) is 0 Å². The predicted octanol–water partition coefficient (Wildman–Crippen LogP) is 3.98. The number of para-hydroxylation sites is 2. The van der Waals surface area contributed by atoms with Gasteiger partial charge in [0.05, 0.1) is 19.8 Å². The van der Waals surface area contributed by atoms with Crippen LogP contribution in [0.25, 0.3) is 0 Å². The lowest BCUT2D eigenvalue weighted by Crippen LogP contribution is -2.28. The molecule has 0 amide bonds. The molecule has 1 aliphatic heterocycles. The van der Waals surface area contributed by atoms with Crippen molar-refractivity contribution in [2.24, 2.45) is 0 Å². The van der Waals surface area contributed by atoms with E-state index < -0.39 is 0 Å². The zero-order valence-corrected chi connectivity index (χ0v) is 18.2. The van der Waals surface area contributed by atoms with Crippen molar-refractivity contribution in [3.63, 3.8) is 0 Å². The normalized spacial score (nSPS) is 17.7. The average molecular weight is 437 g/mol. The van der Waals surface area contributed by atoms with Gasteiger partial charge in [0, 0.05) is 18.2 Å². The molecule has 168 valence electrons. The molecule has 32 heavy (non-hydrogen) atoms. The third-order valence-electron chi connectivity index (χ3n) is 5.24. The lowest BCUT2D eigenvalue weighted by molar-refractivity contribution is 0.184. The number of methoxy groups -OCH3 is 1. The summed E-state index contributed by atoms with van der Waals surface area (Å²) in [7, 11) is 1.63. The monoisotopic (exact) mass is 436 g/mol. The summed E-state index contributed by atoms with van der Waals surface area (Å²) in [5.41, 5.74) is 8.02. The zero-order valence-electron chi connectivity index (χ0n) is 18.2. The molecule has 0 aliphatic carbocycles. The summed E-state index contributed by atoms with van der Waals surface area (Å²) in [5.74, 6) is 2.88. The van der Waals surface area contributed by atoms with Gasteiger partial charge in [0.1, 0.15) is 30.0 Å². The molecule has 0 spiro atoms. The maximum atomic E-state index is 10.7. The van der Waals surface area contributed by atoms with Crippen molar-refractivity contribution >= 4 is 0 Å². The van der Waals surface area contributed by atoms with Gasteiger partial charge in [-0.3, -0.25) is 5.43 Å². The SMILES string of the molecule is CCOc1ccccc1OC1CNNC1c1ccc(OCc2cccc(OC)c2)cc1O. The molecule has 1 fully saturated rings. The number of rotatable bonds is 9. The first-order chi connectivity index (χ1) is 15.7. The Morgan fingerprint density at radius 1 is 0.938 bits per heavy atom. The van der Waals surface area contributed by atoms with Crippen LogP contribution in [0.2, 0.25) is 0 Å². The molecular formula is C25H28N2O5. The number of benzene rings is 3. The Labute approximate surface area is 187 Å². The Bertz CT molecular complexity index is 1040. The Hall–Kier alpha value is -3.42. The Kier molecular flexibility index (Phi) is 6.99. The lowest BCUT2D eigenvalue weighted by Gasteiger charge is -2.22. The molecule has 1 heterocycles. The molecule has 2 unspecified atom stereocenters. The van der Waals surface area contributed by atoms with E-state index in [4.69, 9.17) is 18.9 Å². The first-order valence-corrected chi connectivity index (χ1v) is 10.6. The van der Waals surface area contributed by atoms with Crippen LogP contribution in [0.4, 0.5) is 0 Å². The fourth-order valence-electron chi connectivity index (χ4n) is 3.66. The number of aromatic hydroxyl groups is 1. The van der Waals surface area contributed by atoms with E-state index >= 15 is 0 Å². The lowest BCUT2D eigenvalue weighted by atomic mass is 10.0. The Balaban J connectivity index is 1.45. The topological polar surface area (TPSA) is 81.2 Å². The maximum Gasteiger partial charge on any atom is 0.161 e. The van der Waals surface area contributed by atoms with Crippen LogP contribution in [-0.4, -0.2) is 31.5 Å². The highest BCUT2D eigenvalue weighted by atomic mass is 16.5. The number of hydrogen-bond acceptors (Lipinski definition) is 7. The van der Waals surface area contributed by atoms with Crippen LogP contribution in [0, 0.1) is 0 Å². The summed E-state index contributed by atoms with van der Waals surface area (Å²) in [6.07, 6.45) is -0.231. The quantitative estimate of drug-likeness (QED) is 0.468. The highest BCUT2D eigenvalue weighted by Crippen LogP contribution is 2.35. The second kappa shape index (κ2) is 10.3. The summed E-state index contributed by atoms with van der Waals surface area (Å²) in [5, 5.41) is 10.7. The molecule has 0 aromatic heterocycles. The number of ether oxygens (including phenoxy) is 4. The van der Waals surface area contributed by atoms with E-state index in [2.05, 4.69) is 10.9 Å².